The molecule has 1 aliphatic rings. The first-order valence-corrected chi connectivity index (χ1v) is 7.80. The zero-order valence-corrected chi connectivity index (χ0v) is 12.9. The lowest BCUT2D eigenvalue weighted by molar-refractivity contribution is 0.214. The third-order valence-electron chi connectivity index (χ3n) is 4.68. The predicted molar refractivity (Wildman–Crippen MR) is 87.7 cm³/mol. The summed E-state index contributed by atoms with van der Waals surface area (Å²) in [6, 6.07) is 12.5. The second-order valence-corrected chi connectivity index (χ2v) is 6.09. The first-order valence-electron chi connectivity index (χ1n) is 7.80. The summed E-state index contributed by atoms with van der Waals surface area (Å²) in [5, 5.41) is 12.7. The molecule has 1 N–H and O–H groups in total. The number of benzene rings is 2. The van der Waals surface area contributed by atoms with Gasteiger partial charge in [0.25, 0.3) is 0 Å². The summed E-state index contributed by atoms with van der Waals surface area (Å²) < 4.78 is 0. The van der Waals surface area contributed by atoms with Gasteiger partial charge >= 0.3 is 0 Å². The minimum atomic E-state index is 0.251. The third-order valence-corrected chi connectivity index (χ3v) is 4.68. The van der Waals surface area contributed by atoms with Gasteiger partial charge in [0.15, 0.2) is 0 Å². The number of phenolic OH excluding ortho intramolecular Hbond substituents is 1. The number of fused-ring (bicyclic) bond motifs is 1. The van der Waals surface area contributed by atoms with E-state index in [2.05, 4.69) is 35.9 Å². The molecule has 1 unspecified atom stereocenters. The smallest absolute Gasteiger partial charge is 0.128 e. The van der Waals surface area contributed by atoms with Gasteiger partial charge < -0.3 is 10.0 Å². The van der Waals surface area contributed by atoms with Crippen LogP contribution in [0.1, 0.15) is 24.9 Å². The standard InChI is InChI=1S/C18H24N2O/c1-14(20-11-5-10-19(2)12-13-20)16-9-8-15-6-3-4-7-17(15)18(16)21/h3-4,6-9,14,21H,5,10-13H2,1-2H3. The fourth-order valence-electron chi connectivity index (χ4n) is 3.26. The molecule has 3 rings (SSSR count). The molecule has 21 heavy (non-hydrogen) atoms. The third kappa shape index (κ3) is 2.89. The van der Waals surface area contributed by atoms with Crippen molar-refractivity contribution in [2.75, 3.05) is 33.2 Å². The molecule has 0 saturated carbocycles. The Hall–Kier alpha value is -1.58. The van der Waals surface area contributed by atoms with Crippen LogP contribution in [-0.2, 0) is 0 Å². The van der Waals surface area contributed by atoms with Crippen molar-refractivity contribution in [1.29, 1.82) is 0 Å². The molecule has 0 spiro atoms. The maximum Gasteiger partial charge on any atom is 0.128 e. The Morgan fingerprint density at radius 2 is 1.81 bits per heavy atom. The second kappa shape index (κ2) is 6.04. The number of rotatable bonds is 2. The average Bonchev–Trinajstić information content (AvgIpc) is 2.72. The van der Waals surface area contributed by atoms with Crippen molar-refractivity contribution in [2.24, 2.45) is 0 Å². The SMILES string of the molecule is CC(c1ccc2ccccc2c1O)N1CCCN(C)CC1. The molecule has 3 nitrogen and oxygen atoms in total. The van der Waals surface area contributed by atoms with Crippen molar-refractivity contribution in [2.45, 2.75) is 19.4 Å². The summed E-state index contributed by atoms with van der Waals surface area (Å²) in [4.78, 5) is 4.86. The lowest BCUT2D eigenvalue weighted by Gasteiger charge is -2.28. The van der Waals surface area contributed by atoms with Gasteiger partial charge in [0.05, 0.1) is 0 Å². The van der Waals surface area contributed by atoms with Crippen molar-refractivity contribution in [3.8, 4) is 5.75 Å². The van der Waals surface area contributed by atoms with Crippen molar-refractivity contribution in [3.63, 3.8) is 0 Å². The highest BCUT2D eigenvalue weighted by atomic mass is 16.3. The van der Waals surface area contributed by atoms with Crippen molar-refractivity contribution in [1.82, 2.24) is 9.80 Å². The van der Waals surface area contributed by atoms with E-state index >= 15 is 0 Å². The number of aromatic hydroxyl groups is 1. The van der Waals surface area contributed by atoms with Crippen molar-refractivity contribution in [3.05, 3.63) is 42.0 Å². The fourth-order valence-corrected chi connectivity index (χ4v) is 3.26. The Labute approximate surface area is 126 Å². The largest absolute Gasteiger partial charge is 0.507 e. The molecule has 112 valence electrons. The van der Waals surface area contributed by atoms with Crippen molar-refractivity contribution >= 4 is 10.8 Å². The highest BCUT2D eigenvalue weighted by molar-refractivity contribution is 5.89. The summed E-state index contributed by atoms with van der Waals surface area (Å²) in [5.74, 6) is 0.443. The first kappa shape index (κ1) is 14.4. The molecule has 3 heteroatoms. The molecular formula is C18H24N2O. The van der Waals surface area contributed by atoms with Gasteiger partial charge in [-0.25, -0.2) is 0 Å². The summed E-state index contributed by atoms with van der Waals surface area (Å²) in [6.07, 6.45) is 1.19. The Bertz CT molecular complexity index is 626. The van der Waals surface area contributed by atoms with E-state index in [0.29, 0.717) is 5.75 Å². The maximum absolute atomic E-state index is 10.6. The Kier molecular flexibility index (Phi) is 4.13. The molecule has 1 heterocycles. The number of hydrogen-bond donors (Lipinski definition) is 1. The molecule has 0 aromatic heterocycles. The van der Waals surface area contributed by atoms with Gasteiger partial charge in [-0.3, -0.25) is 4.90 Å². The molecule has 0 aliphatic carbocycles. The number of hydrogen-bond acceptors (Lipinski definition) is 3. The van der Waals surface area contributed by atoms with Gasteiger partial charge in [-0.15, -0.1) is 0 Å². The van der Waals surface area contributed by atoms with Crippen LogP contribution in [0.2, 0.25) is 0 Å². The Morgan fingerprint density at radius 3 is 2.67 bits per heavy atom. The average molecular weight is 284 g/mol. The topological polar surface area (TPSA) is 26.7 Å². The lowest BCUT2D eigenvalue weighted by atomic mass is 10.00. The van der Waals surface area contributed by atoms with Crippen LogP contribution in [0.5, 0.6) is 5.75 Å². The molecular weight excluding hydrogens is 260 g/mol. The van der Waals surface area contributed by atoms with E-state index in [9.17, 15) is 5.11 Å². The number of nitrogens with zero attached hydrogens (tertiary/aromatic N) is 2. The fraction of sp³-hybridized carbons (Fsp3) is 0.444. The van der Waals surface area contributed by atoms with Crippen LogP contribution in [0.25, 0.3) is 10.8 Å². The van der Waals surface area contributed by atoms with E-state index in [1.807, 2.05) is 24.3 Å². The van der Waals surface area contributed by atoms with E-state index in [4.69, 9.17) is 0 Å². The zero-order chi connectivity index (χ0) is 14.8. The Balaban J connectivity index is 1.90. The Morgan fingerprint density at radius 1 is 1.00 bits per heavy atom. The highest BCUT2D eigenvalue weighted by Gasteiger charge is 2.21. The van der Waals surface area contributed by atoms with Crippen LogP contribution in [0.15, 0.2) is 36.4 Å². The second-order valence-electron chi connectivity index (χ2n) is 6.09. The minimum absolute atomic E-state index is 0.251. The molecule has 1 fully saturated rings. The quantitative estimate of drug-likeness (QED) is 0.917. The molecule has 1 aliphatic heterocycles. The molecule has 1 atom stereocenters. The van der Waals surface area contributed by atoms with E-state index in [1.54, 1.807) is 0 Å². The molecule has 0 amide bonds. The zero-order valence-electron chi connectivity index (χ0n) is 12.9. The number of likely N-dealkylation sites (N-methyl/N-ethyl adjacent to an activating group) is 1. The normalized spacial score (nSPS) is 19.5. The highest BCUT2D eigenvalue weighted by Crippen LogP contribution is 2.35. The molecule has 2 aromatic rings. The van der Waals surface area contributed by atoms with E-state index < -0.39 is 0 Å². The molecule has 0 bridgehead atoms. The van der Waals surface area contributed by atoms with Gasteiger partial charge in [-0.1, -0.05) is 36.4 Å². The maximum atomic E-state index is 10.6. The predicted octanol–water partition coefficient (Wildman–Crippen LogP) is 3.24. The molecule has 2 aromatic carbocycles. The van der Waals surface area contributed by atoms with Gasteiger partial charge in [0.1, 0.15) is 5.75 Å². The molecule has 0 radical (unpaired) electrons. The monoisotopic (exact) mass is 284 g/mol. The van der Waals surface area contributed by atoms with Crippen LogP contribution >= 0.6 is 0 Å². The van der Waals surface area contributed by atoms with Crippen molar-refractivity contribution < 1.29 is 5.11 Å². The summed E-state index contributed by atoms with van der Waals surface area (Å²) >= 11 is 0. The number of phenols is 1. The van der Waals surface area contributed by atoms with Gasteiger partial charge in [-0.2, -0.15) is 0 Å². The first-order chi connectivity index (χ1) is 10.2. The van der Waals surface area contributed by atoms with E-state index in [0.717, 1.165) is 42.5 Å². The van der Waals surface area contributed by atoms with E-state index in [-0.39, 0.29) is 6.04 Å². The van der Waals surface area contributed by atoms with Crippen LogP contribution < -0.4 is 0 Å². The van der Waals surface area contributed by atoms with Gasteiger partial charge in [-0.05, 0) is 32.3 Å². The summed E-state index contributed by atoms with van der Waals surface area (Å²) in [6.45, 7) is 6.61. The van der Waals surface area contributed by atoms with Gasteiger partial charge in [0.2, 0.25) is 0 Å². The van der Waals surface area contributed by atoms with E-state index in [1.165, 1.54) is 6.42 Å². The van der Waals surface area contributed by atoms with Crippen LogP contribution in [0.4, 0.5) is 0 Å². The lowest BCUT2D eigenvalue weighted by Crippen LogP contribution is -2.31. The van der Waals surface area contributed by atoms with Crippen LogP contribution in [0.3, 0.4) is 0 Å². The van der Waals surface area contributed by atoms with Crippen LogP contribution in [-0.4, -0.2) is 48.1 Å². The van der Waals surface area contributed by atoms with Gasteiger partial charge in [0, 0.05) is 36.6 Å². The summed E-state index contributed by atoms with van der Waals surface area (Å²) in [5.41, 5.74) is 1.04. The molecule has 1 saturated heterocycles. The minimum Gasteiger partial charge on any atom is -0.507 e. The summed E-state index contributed by atoms with van der Waals surface area (Å²) in [7, 11) is 2.18. The van der Waals surface area contributed by atoms with Crippen LogP contribution in [0, 0.1) is 0 Å².